The third-order valence-corrected chi connectivity index (χ3v) is 5.76. The number of esters is 1. The lowest BCUT2D eigenvalue weighted by Crippen LogP contribution is -2.31. The second-order valence-electron chi connectivity index (χ2n) is 6.14. The Kier molecular flexibility index (Phi) is 6.95. The van der Waals surface area contributed by atoms with Gasteiger partial charge in [0.15, 0.2) is 11.5 Å². The van der Waals surface area contributed by atoms with Crippen LogP contribution in [0.1, 0.15) is 5.56 Å². The fourth-order valence-corrected chi connectivity index (χ4v) is 3.83. The van der Waals surface area contributed by atoms with Crippen LogP contribution in [-0.4, -0.2) is 45.0 Å². The van der Waals surface area contributed by atoms with Crippen molar-refractivity contribution in [1.29, 1.82) is 0 Å². The minimum Gasteiger partial charge on any atom is -0.504 e. The Hall–Kier alpha value is -4.06. The molecule has 0 unspecified atom stereocenters. The van der Waals surface area contributed by atoms with Crippen molar-refractivity contribution in [1.82, 2.24) is 5.16 Å². The quantitative estimate of drug-likeness (QED) is 0.214. The van der Waals surface area contributed by atoms with E-state index in [4.69, 9.17) is 14.2 Å². The molecule has 12 heteroatoms. The molecule has 0 fully saturated rings. The van der Waals surface area contributed by atoms with Crippen molar-refractivity contribution in [2.45, 2.75) is 9.92 Å². The van der Waals surface area contributed by atoms with Crippen LogP contribution in [0.2, 0.25) is 0 Å². The van der Waals surface area contributed by atoms with Gasteiger partial charge < -0.3 is 24.5 Å². The molecule has 3 rings (SSSR count). The zero-order valence-corrected chi connectivity index (χ0v) is 17.5. The van der Waals surface area contributed by atoms with Gasteiger partial charge in [-0.1, -0.05) is 24.3 Å². The average Bonchev–Trinajstić information content (AvgIpc) is 3.17. The van der Waals surface area contributed by atoms with Crippen LogP contribution in [-0.2, 0) is 19.4 Å². The molecule has 32 heavy (non-hydrogen) atoms. The Bertz CT molecular complexity index is 1220. The predicted octanol–water partition coefficient (Wildman–Crippen LogP) is 1.49. The molecule has 0 aliphatic rings. The third kappa shape index (κ3) is 5.16. The number of aromatic hydroxyl groups is 1. The summed E-state index contributed by atoms with van der Waals surface area (Å²) in [6.07, 6.45) is 2.60. The molecule has 0 saturated heterocycles. The van der Waals surface area contributed by atoms with E-state index in [0.717, 1.165) is 6.08 Å². The normalized spacial score (nSPS) is 11.4. The third-order valence-electron chi connectivity index (χ3n) is 4.04. The van der Waals surface area contributed by atoms with E-state index in [1.807, 2.05) is 0 Å². The smallest absolute Gasteiger partial charge is 0.415 e. The van der Waals surface area contributed by atoms with Gasteiger partial charge >= 0.3 is 16.9 Å². The van der Waals surface area contributed by atoms with Gasteiger partial charge in [0, 0.05) is 6.08 Å². The number of hydrogen-bond donors (Lipinski definition) is 1. The molecule has 0 atom stereocenters. The molecule has 11 nitrogen and oxygen atoms in total. The number of phenolic OH excluding ortho intramolecular Hbond substituents is 1. The van der Waals surface area contributed by atoms with E-state index in [-0.39, 0.29) is 34.5 Å². The van der Waals surface area contributed by atoms with Crippen LogP contribution >= 0.6 is 0 Å². The summed E-state index contributed by atoms with van der Waals surface area (Å²) >= 11 is 0. The summed E-state index contributed by atoms with van der Waals surface area (Å²) in [5.41, 5.74) is 0.589. The van der Waals surface area contributed by atoms with Crippen molar-refractivity contribution < 1.29 is 42.1 Å². The van der Waals surface area contributed by atoms with Crippen LogP contribution in [0.3, 0.4) is 0 Å². The number of hydrogen-bond acceptors (Lipinski definition) is 10. The van der Waals surface area contributed by atoms with Gasteiger partial charge in [0.2, 0.25) is 0 Å². The number of phenols is 1. The lowest BCUT2D eigenvalue weighted by molar-refractivity contribution is -0.832. The highest BCUT2D eigenvalue weighted by molar-refractivity contribution is 7.91. The van der Waals surface area contributed by atoms with Gasteiger partial charge in [-0.15, -0.1) is 0 Å². The maximum atomic E-state index is 12.6. The largest absolute Gasteiger partial charge is 0.504 e. The molecule has 0 saturated carbocycles. The van der Waals surface area contributed by atoms with Crippen molar-refractivity contribution in [3.05, 3.63) is 65.4 Å². The number of ether oxygens (including phenoxy) is 3. The SMILES string of the molecule is COc1cc(/C=C/C(=O)OCCOc2no[n+]([O-])c2S(=O)(=O)c2ccccc2)ccc1O. The van der Waals surface area contributed by atoms with Crippen LogP contribution < -0.4 is 14.4 Å². The first-order valence-electron chi connectivity index (χ1n) is 9.07. The summed E-state index contributed by atoms with van der Waals surface area (Å²) in [6.45, 7) is -0.533. The highest BCUT2D eigenvalue weighted by Crippen LogP contribution is 2.27. The van der Waals surface area contributed by atoms with Gasteiger partial charge in [-0.25, -0.2) is 13.2 Å². The minimum atomic E-state index is -4.24. The monoisotopic (exact) mass is 462 g/mol. The van der Waals surface area contributed by atoms with E-state index in [1.165, 1.54) is 49.6 Å². The van der Waals surface area contributed by atoms with Gasteiger partial charge in [-0.2, -0.15) is 0 Å². The molecule has 3 aromatic rings. The molecule has 0 bridgehead atoms. The average molecular weight is 462 g/mol. The maximum Gasteiger partial charge on any atom is 0.415 e. The molecule has 1 heterocycles. The zero-order chi connectivity index (χ0) is 23.1. The summed E-state index contributed by atoms with van der Waals surface area (Å²) < 4.78 is 44.8. The Morgan fingerprint density at radius 1 is 1.22 bits per heavy atom. The number of nitrogens with zero attached hydrogens (tertiary/aromatic N) is 2. The molecule has 0 spiro atoms. The molecule has 0 aliphatic carbocycles. The molecule has 1 aromatic heterocycles. The van der Waals surface area contributed by atoms with Crippen molar-refractivity contribution in [2.24, 2.45) is 0 Å². The van der Waals surface area contributed by atoms with E-state index in [0.29, 0.717) is 5.56 Å². The Labute approximate surface area is 182 Å². The van der Waals surface area contributed by atoms with Gasteiger partial charge in [0.05, 0.1) is 17.2 Å². The van der Waals surface area contributed by atoms with Crippen LogP contribution in [0.15, 0.2) is 69.2 Å². The topological polar surface area (TPSA) is 152 Å². The number of aromatic nitrogens is 2. The van der Waals surface area contributed by atoms with Crippen LogP contribution in [0.5, 0.6) is 17.4 Å². The summed E-state index contributed by atoms with van der Waals surface area (Å²) in [5, 5.41) is 23.9. The first-order valence-corrected chi connectivity index (χ1v) is 10.6. The van der Waals surface area contributed by atoms with Gasteiger partial charge in [0.1, 0.15) is 13.2 Å². The molecule has 1 N–H and O–H groups in total. The molecule has 0 amide bonds. The number of sulfone groups is 1. The fraction of sp³-hybridized carbons (Fsp3) is 0.150. The van der Waals surface area contributed by atoms with E-state index in [9.17, 15) is 23.5 Å². The minimum absolute atomic E-state index is 0.0368. The summed E-state index contributed by atoms with van der Waals surface area (Å²) in [6, 6.07) is 11.7. The van der Waals surface area contributed by atoms with Gasteiger partial charge in [-0.05, 0) is 40.8 Å². The van der Waals surface area contributed by atoms with Crippen molar-refractivity contribution in [2.75, 3.05) is 20.3 Å². The van der Waals surface area contributed by atoms with Crippen LogP contribution in [0.4, 0.5) is 0 Å². The number of carbonyl (C=O) groups is 1. The molecule has 2 aromatic carbocycles. The Morgan fingerprint density at radius 3 is 2.69 bits per heavy atom. The highest BCUT2D eigenvalue weighted by atomic mass is 32.2. The highest BCUT2D eigenvalue weighted by Gasteiger charge is 2.35. The van der Waals surface area contributed by atoms with E-state index in [2.05, 4.69) is 9.79 Å². The van der Waals surface area contributed by atoms with Crippen molar-refractivity contribution >= 4 is 21.9 Å². The van der Waals surface area contributed by atoms with Crippen LogP contribution in [0, 0.1) is 5.21 Å². The van der Waals surface area contributed by atoms with E-state index >= 15 is 0 Å². The Balaban J connectivity index is 1.57. The number of carbonyl (C=O) groups excluding carboxylic acids is 1. The molecular weight excluding hydrogens is 444 g/mol. The Morgan fingerprint density at radius 2 is 1.97 bits per heavy atom. The van der Waals surface area contributed by atoms with E-state index in [1.54, 1.807) is 12.1 Å². The first kappa shape index (κ1) is 22.6. The van der Waals surface area contributed by atoms with Gasteiger partial charge in [-0.3, -0.25) is 4.63 Å². The summed E-state index contributed by atoms with van der Waals surface area (Å²) in [4.78, 5) is 11.4. The van der Waals surface area contributed by atoms with Crippen molar-refractivity contribution in [3.63, 3.8) is 0 Å². The molecule has 168 valence electrons. The number of rotatable bonds is 9. The number of methoxy groups -OCH3 is 1. The molecular formula is C20H18N2O9S. The van der Waals surface area contributed by atoms with Gasteiger partial charge in [0.25, 0.3) is 9.84 Å². The first-order chi connectivity index (χ1) is 15.3. The second kappa shape index (κ2) is 9.83. The maximum absolute atomic E-state index is 12.6. The van der Waals surface area contributed by atoms with Crippen molar-refractivity contribution in [3.8, 4) is 17.4 Å². The zero-order valence-electron chi connectivity index (χ0n) is 16.7. The number of benzene rings is 2. The molecule has 0 aliphatic heterocycles. The lowest BCUT2D eigenvalue weighted by Gasteiger charge is -2.04. The lowest BCUT2D eigenvalue weighted by atomic mass is 10.2. The summed E-state index contributed by atoms with van der Waals surface area (Å²) in [7, 11) is -2.84. The molecule has 0 radical (unpaired) electrons. The van der Waals surface area contributed by atoms with Crippen LogP contribution in [0.25, 0.3) is 6.08 Å². The van der Waals surface area contributed by atoms with E-state index < -0.39 is 26.7 Å². The summed E-state index contributed by atoms with van der Waals surface area (Å²) in [5.74, 6) is -1.04. The fourth-order valence-electron chi connectivity index (χ4n) is 2.53. The standard InChI is InChI=1S/C20H18N2O9S/c1-28-17-13-14(7-9-16(17)23)8-10-18(24)29-11-12-30-19-20(22(25)31-21-19)32(26,27)15-5-3-2-4-6-15/h2-10,13,23H,11-12H2,1H3/b10-8+. The predicted molar refractivity (Wildman–Crippen MR) is 108 cm³/mol. The second-order valence-corrected chi connectivity index (χ2v) is 8.00.